The van der Waals surface area contributed by atoms with Crippen molar-refractivity contribution in [1.82, 2.24) is 4.98 Å². The fraction of sp³-hybridized carbons (Fsp3) is 0.250. The van der Waals surface area contributed by atoms with Crippen LogP contribution in [0.3, 0.4) is 0 Å². The molecule has 0 radical (unpaired) electrons. The molecule has 12 heavy (non-hydrogen) atoms. The maximum absolute atomic E-state index is 12.6. The van der Waals surface area contributed by atoms with Crippen LogP contribution in [-0.4, -0.2) is 11.3 Å². The smallest absolute Gasteiger partial charge is 0.286 e. The second-order valence-electron chi connectivity index (χ2n) is 2.45. The van der Waals surface area contributed by atoms with Gasteiger partial charge >= 0.3 is 0 Å². The van der Waals surface area contributed by atoms with E-state index in [9.17, 15) is 13.6 Å². The van der Waals surface area contributed by atoms with Crippen molar-refractivity contribution in [2.45, 2.75) is 12.8 Å². The number of pyridine rings is 1. The zero-order chi connectivity index (χ0) is 9.19. The number of aromatic nitrogens is 1. The quantitative estimate of drug-likeness (QED) is 0.637. The Balaban J connectivity index is 3.10. The second kappa shape index (κ2) is 2.97. The van der Waals surface area contributed by atoms with Gasteiger partial charge in [-0.3, -0.25) is 4.79 Å². The van der Waals surface area contributed by atoms with Crippen LogP contribution in [0.2, 0.25) is 0 Å². The lowest BCUT2D eigenvalue weighted by Gasteiger charge is -2.08. The van der Waals surface area contributed by atoms with Crippen molar-refractivity contribution >= 4 is 6.29 Å². The fourth-order valence-electron chi connectivity index (χ4n) is 0.762. The van der Waals surface area contributed by atoms with E-state index in [1.165, 1.54) is 18.2 Å². The van der Waals surface area contributed by atoms with Crippen LogP contribution in [0.15, 0.2) is 18.2 Å². The Morgan fingerprint density at radius 2 is 2.17 bits per heavy atom. The molecule has 0 aliphatic heterocycles. The van der Waals surface area contributed by atoms with E-state index in [1.54, 1.807) is 0 Å². The number of nitrogens with zero attached hydrogens (tertiary/aromatic N) is 1. The van der Waals surface area contributed by atoms with Crippen LogP contribution in [0.1, 0.15) is 23.1 Å². The summed E-state index contributed by atoms with van der Waals surface area (Å²) in [6.07, 6.45) is 0.440. The summed E-state index contributed by atoms with van der Waals surface area (Å²) in [5.74, 6) is -2.99. The molecule has 64 valence electrons. The molecule has 0 aliphatic carbocycles. The fourth-order valence-corrected chi connectivity index (χ4v) is 0.762. The first kappa shape index (κ1) is 8.77. The number of halogens is 2. The van der Waals surface area contributed by atoms with Crippen LogP contribution in [-0.2, 0) is 5.92 Å². The van der Waals surface area contributed by atoms with E-state index in [4.69, 9.17) is 0 Å². The average Bonchev–Trinajstić information content (AvgIpc) is 2.03. The average molecular weight is 171 g/mol. The lowest BCUT2D eigenvalue weighted by molar-refractivity contribution is 0.0127. The molecule has 2 nitrogen and oxygen atoms in total. The molecule has 0 amide bonds. The first-order chi connectivity index (χ1) is 5.54. The Labute approximate surface area is 68.2 Å². The molecule has 0 N–H and O–H groups in total. The van der Waals surface area contributed by atoms with Gasteiger partial charge in [-0.1, -0.05) is 6.07 Å². The topological polar surface area (TPSA) is 30.0 Å². The van der Waals surface area contributed by atoms with Gasteiger partial charge in [-0.05, 0) is 12.1 Å². The van der Waals surface area contributed by atoms with Crippen molar-refractivity contribution in [3.05, 3.63) is 29.6 Å². The minimum atomic E-state index is -2.99. The van der Waals surface area contributed by atoms with Crippen molar-refractivity contribution in [2.24, 2.45) is 0 Å². The molecule has 0 bridgehead atoms. The summed E-state index contributed by atoms with van der Waals surface area (Å²) >= 11 is 0. The van der Waals surface area contributed by atoms with Crippen LogP contribution in [0.25, 0.3) is 0 Å². The number of alkyl halides is 2. The Hall–Kier alpha value is -1.32. The van der Waals surface area contributed by atoms with Gasteiger partial charge in [0.15, 0.2) is 6.29 Å². The van der Waals surface area contributed by atoms with Gasteiger partial charge in [0.25, 0.3) is 5.92 Å². The van der Waals surface area contributed by atoms with Gasteiger partial charge in [-0.25, -0.2) is 4.98 Å². The van der Waals surface area contributed by atoms with E-state index in [0.717, 1.165) is 6.92 Å². The Morgan fingerprint density at radius 1 is 1.50 bits per heavy atom. The molecule has 0 atom stereocenters. The molecule has 1 rings (SSSR count). The molecular formula is C8H7F2NO. The van der Waals surface area contributed by atoms with E-state index in [0.29, 0.717) is 6.29 Å². The maximum atomic E-state index is 12.6. The largest absolute Gasteiger partial charge is 0.296 e. The molecule has 4 heteroatoms. The van der Waals surface area contributed by atoms with Gasteiger partial charge < -0.3 is 0 Å². The first-order valence-electron chi connectivity index (χ1n) is 3.34. The van der Waals surface area contributed by atoms with Gasteiger partial charge in [0.05, 0.1) is 0 Å². The van der Waals surface area contributed by atoms with E-state index in [-0.39, 0.29) is 11.4 Å². The van der Waals surface area contributed by atoms with E-state index < -0.39 is 5.92 Å². The van der Waals surface area contributed by atoms with Gasteiger partial charge in [-0.2, -0.15) is 8.78 Å². The minimum Gasteiger partial charge on any atom is -0.296 e. The van der Waals surface area contributed by atoms with E-state index >= 15 is 0 Å². The number of carbonyl (C=O) groups excluding carboxylic acids is 1. The van der Waals surface area contributed by atoms with E-state index in [2.05, 4.69) is 4.98 Å². The predicted octanol–water partition coefficient (Wildman–Crippen LogP) is 2.01. The Morgan fingerprint density at radius 3 is 2.67 bits per heavy atom. The lowest BCUT2D eigenvalue weighted by atomic mass is 10.2. The summed E-state index contributed by atoms with van der Waals surface area (Å²) in [7, 11) is 0. The number of carbonyl (C=O) groups is 1. The molecule has 0 aromatic carbocycles. The highest BCUT2D eigenvalue weighted by Crippen LogP contribution is 2.24. The van der Waals surface area contributed by atoms with Crippen LogP contribution < -0.4 is 0 Å². The van der Waals surface area contributed by atoms with Crippen molar-refractivity contribution in [1.29, 1.82) is 0 Å². The highest BCUT2D eigenvalue weighted by Gasteiger charge is 2.25. The number of hydrogen-bond acceptors (Lipinski definition) is 2. The zero-order valence-corrected chi connectivity index (χ0v) is 6.42. The molecule has 0 spiro atoms. The SMILES string of the molecule is CC(F)(F)c1cccc(C=O)n1. The molecule has 0 fully saturated rings. The summed E-state index contributed by atoms with van der Waals surface area (Å²) in [4.78, 5) is 13.6. The summed E-state index contributed by atoms with van der Waals surface area (Å²) in [6.45, 7) is 0.740. The number of rotatable bonds is 2. The summed E-state index contributed by atoms with van der Waals surface area (Å²) < 4.78 is 25.2. The van der Waals surface area contributed by atoms with Gasteiger partial charge in [0, 0.05) is 6.92 Å². The van der Waals surface area contributed by atoms with Crippen molar-refractivity contribution in [3.8, 4) is 0 Å². The van der Waals surface area contributed by atoms with Crippen LogP contribution in [0.4, 0.5) is 8.78 Å². The summed E-state index contributed by atoms with van der Waals surface area (Å²) in [5.41, 5.74) is -0.360. The van der Waals surface area contributed by atoms with Gasteiger partial charge in [0.2, 0.25) is 0 Å². The number of aldehydes is 1. The third-order valence-corrected chi connectivity index (χ3v) is 1.34. The first-order valence-corrected chi connectivity index (χ1v) is 3.34. The Kier molecular flexibility index (Phi) is 2.17. The highest BCUT2D eigenvalue weighted by molar-refractivity contribution is 5.71. The third kappa shape index (κ3) is 1.84. The summed E-state index contributed by atoms with van der Waals surface area (Å²) in [6, 6.07) is 3.94. The van der Waals surface area contributed by atoms with Gasteiger partial charge in [-0.15, -0.1) is 0 Å². The highest BCUT2D eigenvalue weighted by atomic mass is 19.3. The normalized spacial score (nSPS) is 11.2. The number of hydrogen-bond donors (Lipinski definition) is 0. The minimum absolute atomic E-state index is 0.0222. The predicted molar refractivity (Wildman–Crippen MR) is 39.2 cm³/mol. The molecule has 0 unspecified atom stereocenters. The molecule has 0 saturated heterocycles. The Bertz CT molecular complexity index is 293. The van der Waals surface area contributed by atoms with Crippen molar-refractivity contribution in [2.75, 3.05) is 0 Å². The van der Waals surface area contributed by atoms with Crippen molar-refractivity contribution in [3.63, 3.8) is 0 Å². The van der Waals surface area contributed by atoms with Crippen LogP contribution in [0, 0.1) is 0 Å². The second-order valence-corrected chi connectivity index (χ2v) is 2.45. The zero-order valence-electron chi connectivity index (χ0n) is 6.42. The monoisotopic (exact) mass is 171 g/mol. The molecule has 1 aromatic heterocycles. The van der Waals surface area contributed by atoms with Crippen molar-refractivity contribution < 1.29 is 13.6 Å². The lowest BCUT2D eigenvalue weighted by Crippen LogP contribution is -2.10. The van der Waals surface area contributed by atoms with Gasteiger partial charge in [0.1, 0.15) is 11.4 Å². The molecule has 0 aliphatic rings. The standard InChI is InChI=1S/C8H7F2NO/c1-8(9,10)7-4-2-3-6(5-12)11-7/h2-5H,1H3. The molecule has 1 heterocycles. The van der Waals surface area contributed by atoms with Crippen LogP contribution >= 0.6 is 0 Å². The maximum Gasteiger partial charge on any atom is 0.286 e. The molecule has 0 saturated carbocycles. The van der Waals surface area contributed by atoms with E-state index in [1.807, 2.05) is 0 Å². The molecule has 1 aromatic rings. The summed E-state index contributed by atoms with van der Waals surface area (Å²) in [5, 5.41) is 0. The third-order valence-electron chi connectivity index (χ3n) is 1.34. The van der Waals surface area contributed by atoms with Crippen LogP contribution in [0.5, 0.6) is 0 Å². The molecular weight excluding hydrogens is 164 g/mol.